The number of hydrogen-bond acceptors (Lipinski definition) is 2. The summed E-state index contributed by atoms with van der Waals surface area (Å²) in [6.45, 7) is 5.51. The van der Waals surface area contributed by atoms with Crippen LogP contribution in [0.2, 0.25) is 0 Å². The second-order valence-corrected chi connectivity index (χ2v) is 4.62. The molecule has 3 nitrogen and oxygen atoms in total. The molecule has 1 saturated heterocycles. The third kappa shape index (κ3) is 3.56. The fraction of sp³-hybridized carbons (Fsp3) is 0.500. The Morgan fingerprint density at radius 1 is 1.35 bits per heavy atom. The summed E-state index contributed by atoms with van der Waals surface area (Å²) in [6.07, 6.45) is 1.58. The summed E-state index contributed by atoms with van der Waals surface area (Å²) in [6, 6.07) is 8.51. The van der Waals surface area contributed by atoms with E-state index in [1.807, 2.05) is 4.90 Å². The highest BCUT2D eigenvalue weighted by molar-refractivity contribution is 5.76. The van der Waals surface area contributed by atoms with Gasteiger partial charge in [0.25, 0.3) is 0 Å². The van der Waals surface area contributed by atoms with E-state index in [2.05, 4.69) is 36.5 Å². The molecule has 0 radical (unpaired) electrons. The van der Waals surface area contributed by atoms with Crippen LogP contribution >= 0.6 is 0 Å². The number of nitrogens with one attached hydrogen (secondary N) is 1. The fourth-order valence-electron chi connectivity index (χ4n) is 2.19. The van der Waals surface area contributed by atoms with E-state index in [0.29, 0.717) is 6.42 Å². The van der Waals surface area contributed by atoms with Gasteiger partial charge in [0.15, 0.2) is 0 Å². The largest absolute Gasteiger partial charge is 0.341 e. The molecule has 0 unspecified atom stereocenters. The maximum Gasteiger partial charge on any atom is 0.223 e. The number of carbonyl (C=O) groups is 1. The van der Waals surface area contributed by atoms with Crippen LogP contribution in [0.3, 0.4) is 0 Å². The Balaban J connectivity index is 1.90. The second kappa shape index (κ2) is 5.82. The number of rotatable bonds is 3. The molecule has 0 spiro atoms. The second-order valence-electron chi connectivity index (χ2n) is 4.62. The summed E-state index contributed by atoms with van der Waals surface area (Å²) in [5, 5.41) is 3.25. The molecular formula is C14H20N2O. The first-order valence-corrected chi connectivity index (χ1v) is 6.30. The van der Waals surface area contributed by atoms with Crippen LogP contribution in [-0.4, -0.2) is 37.0 Å². The van der Waals surface area contributed by atoms with Crippen molar-refractivity contribution in [3.63, 3.8) is 0 Å². The van der Waals surface area contributed by atoms with E-state index >= 15 is 0 Å². The highest BCUT2D eigenvalue weighted by Crippen LogP contribution is 2.07. The van der Waals surface area contributed by atoms with Crippen LogP contribution in [0.4, 0.5) is 0 Å². The molecule has 1 N–H and O–H groups in total. The van der Waals surface area contributed by atoms with Crippen LogP contribution < -0.4 is 5.32 Å². The predicted octanol–water partition coefficient (Wildman–Crippen LogP) is 1.36. The van der Waals surface area contributed by atoms with E-state index in [1.165, 1.54) is 11.1 Å². The number of aryl methyl sites for hydroxylation is 1. The standard InChI is InChI=1S/C14H20N2O/c1-12-3-2-4-13(11-12)6-9-16-10-8-15-7-5-14(16)17/h2-4,11,15H,5-10H2,1H3. The van der Waals surface area contributed by atoms with Crippen LogP contribution in [0, 0.1) is 6.92 Å². The average molecular weight is 232 g/mol. The van der Waals surface area contributed by atoms with Crippen LogP contribution in [0.25, 0.3) is 0 Å². The van der Waals surface area contributed by atoms with Crippen molar-refractivity contribution in [2.24, 2.45) is 0 Å². The van der Waals surface area contributed by atoms with Gasteiger partial charge in [-0.2, -0.15) is 0 Å². The quantitative estimate of drug-likeness (QED) is 0.853. The molecular weight excluding hydrogens is 212 g/mol. The average Bonchev–Trinajstić information content (AvgIpc) is 2.52. The SMILES string of the molecule is Cc1cccc(CCN2CCNCCC2=O)c1. The lowest BCUT2D eigenvalue weighted by atomic mass is 10.1. The summed E-state index contributed by atoms with van der Waals surface area (Å²) in [7, 11) is 0. The van der Waals surface area contributed by atoms with Crippen LogP contribution in [-0.2, 0) is 11.2 Å². The molecule has 3 heteroatoms. The summed E-state index contributed by atoms with van der Waals surface area (Å²) in [5.74, 6) is 0.280. The summed E-state index contributed by atoms with van der Waals surface area (Å²) in [5.41, 5.74) is 2.60. The van der Waals surface area contributed by atoms with Crippen LogP contribution in [0.1, 0.15) is 17.5 Å². The third-order valence-electron chi connectivity index (χ3n) is 3.18. The summed E-state index contributed by atoms with van der Waals surface area (Å²) < 4.78 is 0. The lowest BCUT2D eigenvalue weighted by Gasteiger charge is -2.20. The van der Waals surface area contributed by atoms with Gasteiger partial charge in [-0.25, -0.2) is 0 Å². The van der Waals surface area contributed by atoms with Gasteiger partial charge in [-0.15, -0.1) is 0 Å². The molecule has 1 aromatic carbocycles. The van der Waals surface area contributed by atoms with Crippen molar-refractivity contribution < 1.29 is 4.79 Å². The Morgan fingerprint density at radius 2 is 2.24 bits per heavy atom. The van der Waals surface area contributed by atoms with E-state index in [4.69, 9.17) is 0 Å². The van der Waals surface area contributed by atoms with Gasteiger partial charge in [-0.05, 0) is 18.9 Å². The maximum absolute atomic E-state index is 11.8. The highest BCUT2D eigenvalue weighted by Gasteiger charge is 2.15. The van der Waals surface area contributed by atoms with E-state index in [0.717, 1.165) is 32.6 Å². The molecule has 1 fully saturated rings. The van der Waals surface area contributed by atoms with Gasteiger partial charge < -0.3 is 10.2 Å². The molecule has 1 heterocycles. The molecule has 0 aliphatic carbocycles. The van der Waals surface area contributed by atoms with Crippen molar-refractivity contribution in [2.45, 2.75) is 19.8 Å². The normalized spacial score (nSPS) is 17.0. The van der Waals surface area contributed by atoms with Gasteiger partial charge in [0.05, 0.1) is 0 Å². The molecule has 0 bridgehead atoms. The highest BCUT2D eigenvalue weighted by atomic mass is 16.2. The molecule has 17 heavy (non-hydrogen) atoms. The van der Waals surface area contributed by atoms with Gasteiger partial charge in [-0.1, -0.05) is 29.8 Å². The lowest BCUT2D eigenvalue weighted by Crippen LogP contribution is -2.34. The number of hydrogen-bond donors (Lipinski definition) is 1. The first-order chi connectivity index (χ1) is 8.25. The lowest BCUT2D eigenvalue weighted by molar-refractivity contribution is -0.130. The van der Waals surface area contributed by atoms with Crippen molar-refractivity contribution in [1.29, 1.82) is 0 Å². The molecule has 2 rings (SSSR count). The van der Waals surface area contributed by atoms with E-state index in [9.17, 15) is 4.79 Å². The maximum atomic E-state index is 11.8. The van der Waals surface area contributed by atoms with E-state index < -0.39 is 0 Å². The minimum atomic E-state index is 0.280. The third-order valence-corrected chi connectivity index (χ3v) is 3.18. The van der Waals surface area contributed by atoms with Crippen molar-refractivity contribution in [1.82, 2.24) is 10.2 Å². The minimum absolute atomic E-state index is 0.280. The number of benzene rings is 1. The number of carbonyl (C=O) groups excluding carboxylic acids is 1. The zero-order chi connectivity index (χ0) is 12.1. The van der Waals surface area contributed by atoms with E-state index in [1.54, 1.807) is 0 Å². The molecule has 1 aliphatic heterocycles. The molecule has 0 aromatic heterocycles. The Kier molecular flexibility index (Phi) is 4.15. The molecule has 1 aliphatic rings. The molecule has 92 valence electrons. The van der Waals surface area contributed by atoms with Crippen LogP contribution in [0.5, 0.6) is 0 Å². The molecule has 1 aromatic rings. The monoisotopic (exact) mass is 232 g/mol. The zero-order valence-electron chi connectivity index (χ0n) is 10.4. The number of nitrogens with zero attached hydrogens (tertiary/aromatic N) is 1. The summed E-state index contributed by atoms with van der Waals surface area (Å²) in [4.78, 5) is 13.8. The topological polar surface area (TPSA) is 32.3 Å². The van der Waals surface area contributed by atoms with Crippen molar-refractivity contribution in [2.75, 3.05) is 26.2 Å². The van der Waals surface area contributed by atoms with E-state index in [-0.39, 0.29) is 5.91 Å². The van der Waals surface area contributed by atoms with Crippen molar-refractivity contribution >= 4 is 5.91 Å². The molecule has 0 saturated carbocycles. The Bertz CT molecular complexity index is 390. The first-order valence-electron chi connectivity index (χ1n) is 6.30. The predicted molar refractivity (Wildman–Crippen MR) is 68.9 cm³/mol. The van der Waals surface area contributed by atoms with Crippen molar-refractivity contribution in [3.05, 3.63) is 35.4 Å². The fourth-order valence-corrected chi connectivity index (χ4v) is 2.19. The molecule has 0 atom stereocenters. The first kappa shape index (κ1) is 12.1. The minimum Gasteiger partial charge on any atom is -0.341 e. The van der Waals surface area contributed by atoms with Gasteiger partial charge in [-0.3, -0.25) is 4.79 Å². The Labute approximate surface area is 103 Å². The number of amides is 1. The van der Waals surface area contributed by atoms with Gasteiger partial charge in [0, 0.05) is 32.6 Å². The van der Waals surface area contributed by atoms with Crippen LogP contribution in [0.15, 0.2) is 24.3 Å². The van der Waals surface area contributed by atoms with Gasteiger partial charge in [0.1, 0.15) is 0 Å². The van der Waals surface area contributed by atoms with Crippen molar-refractivity contribution in [3.8, 4) is 0 Å². The Hall–Kier alpha value is -1.35. The molecule has 1 amide bonds. The zero-order valence-corrected chi connectivity index (χ0v) is 10.4. The smallest absolute Gasteiger partial charge is 0.223 e. The van der Waals surface area contributed by atoms with Gasteiger partial charge in [0.2, 0.25) is 5.91 Å². The Morgan fingerprint density at radius 3 is 3.06 bits per heavy atom. The van der Waals surface area contributed by atoms with Gasteiger partial charge >= 0.3 is 0 Å². The summed E-state index contributed by atoms with van der Waals surface area (Å²) >= 11 is 0.